The quantitative estimate of drug-likeness (QED) is 0.934. The molecule has 2 aromatic rings. The van der Waals surface area contributed by atoms with Crippen molar-refractivity contribution in [3.05, 3.63) is 58.2 Å². The van der Waals surface area contributed by atoms with Crippen molar-refractivity contribution in [1.82, 2.24) is 4.98 Å². The zero-order valence-corrected chi connectivity index (χ0v) is 12.0. The number of pyridine rings is 1. The van der Waals surface area contributed by atoms with E-state index in [0.717, 1.165) is 24.8 Å². The molecule has 1 atom stereocenters. The molecule has 1 aromatic carbocycles. The Balaban J connectivity index is 1.88. The molecule has 1 aliphatic rings. The zero-order valence-electron chi connectivity index (χ0n) is 11.3. The maximum absolute atomic E-state index is 11.1. The van der Waals surface area contributed by atoms with Crippen molar-refractivity contribution in [2.45, 2.75) is 25.4 Å². The van der Waals surface area contributed by atoms with E-state index in [1.54, 1.807) is 0 Å². The lowest BCUT2D eigenvalue weighted by atomic mass is 9.89. The second-order valence-corrected chi connectivity index (χ2v) is 5.41. The van der Waals surface area contributed by atoms with Crippen LogP contribution in [0.2, 0.25) is 5.02 Å². The van der Waals surface area contributed by atoms with Gasteiger partial charge in [-0.15, -0.1) is 0 Å². The Hall–Kier alpha value is -2.07. The molecule has 0 bridgehead atoms. The number of carboxylic acids is 1. The summed E-state index contributed by atoms with van der Waals surface area (Å²) in [6, 6.07) is 9.53. The lowest BCUT2D eigenvalue weighted by Crippen LogP contribution is -2.16. The average molecular weight is 304 g/mol. The van der Waals surface area contributed by atoms with Crippen molar-refractivity contribution >= 4 is 17.6 Å². The summed E-state index contributed by atoms with van der Waals surface area (Å²) in [7, 11) is 0. The zero-order chi connectivity index (χ0) is 14.8. The fourth-order valence-electron chi connectivity index (χ4n) is 2.63. The summed E-state index contributed by atoms with van der Waals surface area (Å²) >= 11 is 5.82. The lowest BCUT2D eigenvalue weighted by Gasteiger charge is -2.25. The summed E-state index contributed by atoms with van der Waals surface area (Å²) in [5, 5.41) is 9.20. The number of aryl methyl sites for hydroxylation is 1. The minimum Gasteiger partial charge on any atom is -0.478 e. The third-order valence-corrected chi connectivity index (χ3v) is 3.94. The number of aromatic carboxylic acids is 1. The molecule has 4 nitrogen and oxygen atoms in total. The van der Waals surface area contributed by atoms with Gasteiger partial charge in [0, 0.05) is 6.07 Å². The van der Waals surface area contributed by atoms with Crippen LogP contribution < -0.4 is 4.74 Å². The number of benzene rings is 1. The van der Waals surface area contributed by atoms with Crippen LogP contribution in [0.25, 0.3) is 0 Å². The molecule has 0 amide bonds. The number of carboxylic acid groups (broad SMARTS) is 1. The standard InChI is InChI=1S/C16H14ClNO3/c17-13-9-18-15(8-12(13)16(19)20)21-14-7-3-5-10-4-1-2-6-11(10)14/h1-2,4,6,8-9,14H,3,5,7H2,(H,19,20). The van der Waals surface area contributed by atoms with Gasteiger partial charge in [0.15, 0.2) is 0 Å². The molecule has 5 heteroatoms. The van der Waals surface area contributed by atoms with Crippen LogP contribution in [0.15, 0.2) is 36.5 Å². The molecule has 1 heterocycles. The lowest BCUT2D eigenvalue weighted by molar-refractivity contribution is 0.0695. The van der Waals surface area contributed by atoms with Crippen molar-refractivity contribution in [2.75, 3.05) is 0 Å². The Morgan fingerprint density at radius 2 is 2.19 bits per heavy atom. The van der Waals surface area contributed by atoms with Gasteiger partial charge in [0.1, 0.15) is 6.10 Å². The third-order valence-electron chi connectivity index (χ3n) is 3.64. The van der Waals surface area contributed by atoms with Crippen LogP contribution in [0.5, 0.6) is 5.88 Å². The highest BCUT2D eigenvalue weighted by atomic mass is 35.5. The van der Waals surface area contributed by atoms with Crippen LogP contribution in [-0.4, -0.2) is 16.1 Å². The maximum atomic E-state index is 11.1. The van der Waals surface area contributed by atoms with Gasteiger partial charge >= 0.3 is 5.97 Å². The predicted molar refractivity (Wildman–Crippen MR) is 79.0 cm³/mol. The molecular weight excluding hydrogens is 290 g/mol. The normalized spacial score (nSPS) is 17.1. The van der Waals surface area contributed by atoms with E-state index >= 15 is 0 Å². The van der Waals surface area contributed by atoms with Gasteiger partial charge in [0.2, 0.25) is 5.88 Å². The SMILES string of the molecule is O=C(O)c1cc(OC2CCCc3ccccc32)ncc1Cl. The van der Waals surface area contributed by atoms with Gasteiger partial charge < -0.3 is 9.84 Å². The monoisotopic (exact) mass is 303 g/mol. The first-order valence-electron chi connectivity index (χ1n) is 6.78. The molecular formula is C16H14ClNO3. The summed E-state index contributed by atoms with van der Waals surface area (Å²) in [5.41, 5.74) is 2.43. The molecule has 1 aliphatic carbocycles. The number of rotatable bonds is 3. The van der Waals surface area contributed by atoms with Crippen molar-refractivity contribution in [3.8, 4) is 5.88 Å². The Morgan fingerprint density at radius 1 is 1.38 bits per heavy atom. The van der Waals surface area contributed by atoms with Gasteiger partial charge in [0.25, 0.3) is 0 Å². The number of fused-ring (bicyclic) bond motifs is 1. The summed E-state index contributed by atoms with van der Waals surface area (Å²) in [6.45, 7) is 0. The summed E-state index contributed by atoms with van der Waals surface area (Å²) in [6.07, 6.45) is 4.20. The van der Waals surface area contributed by atoms with E-state index in [2.05, 4.69) is 11.1 Å². The van der Waals surface area contributed by atoms with Gasteiger partial charge in [0.05, 0.1) is 16.8 Å². The first kappa shape index (κ1) is 13.9. The highest BCUT2D eigenvalue weighted by Crippen LogP contribution is 2.33. The van der Waals surface area contributed by atoms with Crippen molar-refractivity contribution in [3.63, 3.8) is 0 Å². The minimum absolute atomic E-state index is 0.00533. The fraction of sp³-hybridized carbons (Fsp3) is 0.250. The fourth-order valence-corrected chi connectivity index (χ4v) is 2.81. The highest BCUT2D eigenvalue weighted by Gasteiger charge is 2.22. The molecule has 1 aromatic heterocycles. The maximum Gasteiger partial charge on any atom is 0.337 e. The Bertz CT molecular complexity index is 687. The number of carbonyl (C=O) groups is 1. The van der Waals surface area contributed by atoms with Gasteiger partial charge in [-0.1, -0.05) is 35.9 Å². The first-order chi connectivity index (χ1) is 10.1. The molecule has 0 aliphatic heterocycles. The second kappa shape index (κ2) is 5.74. The first-order valence-corrected chi connectivity index (χ1v) is 7.16. The largest absolute Gasteiger partial charge is 0.478 e. The molecule has 0 fully saturated rings. The van der Waals surface area contributed by atoms with Crippen LogP contribution in [-0.2, 0) is 6.42 Å². The van der Waals surface area contributed by atoms with Gasteiger partial charge in [-0.2, -0.15) is 0 Å². The van der Waals surface area contributed by atoms with E-state index in [1.165, 1.54) is 17.8 Å². The smallest absolute Gasteiger partial charge is 0.337 e. The number of hydrogen-bond donors (Lipinski definition) is 1. The molecule has 0 radical (unpaired) electrons. The molecule has 3 rings (SSSR count). The summed E-state index contributed by atoms with van der Waals surface area (Å²) < 4.78 is 5.89. The number of hydrogen-bond acceptors (Lipinski definition) is 3. The van der Waals surface area contributed by atoms with E-state index in [-0.39, 0.29) is 16.7 Å². The molecule has 1 unspecified atom stereocenters. The van der Waals surface area contributed by atoms with Crippen molar-refractivity contribution in [1.29, 1.82) is 0 Å². The van der Waals surface area contributed by atoms with Crippen LogP contribution in [0.3, 0.4) is 0 Å². The number of halogens is 1. The Labute approximate surface area is 127 Å². The second-order valence-electron chi connectivity index (χ2n) is 5.01. The molecule has 0 spiro atoms. The van der Waals surface area contributed by atoms with Crippen LogP contribution in [0.1, 0.15) is 40.4 Å². The van der Waals surface area contributed by atoms with E-state index < -0.39 is 5.97 Å². The van der Waals surface area contributed by atoms with E-state index in [0.29, 0.717) is 5.88 Å². The number of nitrogens with zero attached hydrogens (tertiary/aromatic N) is 1. The van der Waals surface area contributed by atoms with Crippen molar-refractivity contribution in [2.24, 2.45) is 0 Å². The number of ether oxygens (including phenoxy) is 1. The van der Waals surface area contributed by atoms with E-state index in [1.807, 2.05) is 18.2 Å². The van der Waals surface area contributed by atoms with E-state index in [9.17, 15) is 4.79 Å². The Kier molecular flexibility index (Phi) is 3.80. The molecule has 1 N–H and O–H groups in total. The molecule has 108 valence electrons. The predicted octanol–water partition coefficient (Wildman–Crippen LogP) is 3.89. The van der Waals surface area contributed by atoms with Crippen molar-refractivity contribution < 1.29 is 14.6 Å². The van der Waals surface area contributed by atoms with Crippen LogP contribution in [0, 0.1) is 0 Å². The summed E-state index contributed by atoms with van der Waals surface area (Å²) in [5.74, 6) is -0.796. The third kappa shape index (κ3) is 2.85. The van der Waals surface area contributed by atoms with Gasteiger partial charge in [-0.25, -0.2) is 9.78 Å². The average Bonchev–Trinajstić information content (AvgIpc) is 2.49. The van der Waals surface area contributed by atoms with Gasteiger partial charge in [-0.05, 0) is 30.4 Å². The number of aromatic nitrogens is 1. The molecule has 0 saturated heterocycles. The van der Waals surface area contributed by atoms with Crippen LogP contribution in [0.4, 0.5) is 0 Å². The molecule has 0 saturated carbocycles. The van der Waals surface area contributed by atoms with Gasteiger partial charge in [-0.3, -0.25) is 0 Å². The Morgan fingerprint density at radius 3 is 3.00 bits per heavy atom. The van der Waals surface area contributed by atoms with Crippen LogP contribution >= 0.6 is 11.6 Å². The highest BCUT2D eigenvalue weighted by molar-refractivity contribution is 6.33. The summed E-state index contributed by atoms with van der Waals surface area (Å²) in [4.78, 5) is 15.2. The van der Waals surface area contributed by atoms with E-state index in [4.69, 9.17) is 21.4 Å². The molecule has 21 heavy (non-hydrogen) atoms. The topological polar surface area (TPSA) is 59.4 Å². The minimum atomic E-state index is -1.09.